The third-order valence-corrected chi connectivity index (χ3v) is 3.95. The van der Waals surface area contributed by atoms with Gasteiger partial charge in [-0.1, -0.05) is 42.5 Å². The molecule has 2 N–H and O–H groups in total. The number of hydrogen-bond donors (Lipinski definition) is 2. The van der Waals surface area contributed by atoms with E-state index in [1.54, 1.807) is 0 Å². The van der Waals surface area contributed by atoms with E-state index in [-0.39, 0.29) is 0 Å². The molecule has 0 aliphatic heterocycles. The second-order valence-electron chi connectivity index (χ2n) is 5.84. The minimum Gasteiger partial charge on any atom is -0.360 e. The van der Waals surface area contributed by atoms with Crippen molar-refractivity contribution >= 4 is 23.0 Å². The average Bonchev–Trinajstić information content (AvgIpc) is 2.50. The van der Waals surface area contributed by atoms with Gasteiger partial charge in [0.1, 0.15) is 0 Å². The van der Waals surface area contributed by atoms with Gasteiger partial charge in [-0.05, 0) is 68.6 Å². The molecule has 2 nitrogen and oxygen atoms in total. The van der Waals surface area contributed by atoms with Gasteiger partial charge in [-0.15, -0.1) is 0 Å². The van der Waals surface area contributed by atoms with Crippen LogP contribution in [-0.4, -0.2) is 11.2 Å². The maximum absolute atomic E-state index is 5.42. The molecule has 22 heavy (non-hydrogen) atoms. The smallest absolute Gasteiger partial charge is 0.170 e. The number of anilines is 1. The molecule has 0 saturated carbocycles. The number of hydrogen-bond acceptors (Lipinski definition) is 1. The molecule has 2 aromatic rings. The van der Waals surface area contributed by atoms with E-state index in [1.807, 2.05) is 0 Å². The fraction of sp³-hybridized carbons (Fsp3) is 0.316. The Kier molecular flexibility index (Phi) is 5.96. The molecule has 0 spiro atoms. The quantitative estimate of drug-likeness (QED) is 0.788. The molecule has 3 heteroatoms. The predicted molar refractivity (Wildman–Crippen MR) is 99.5 cm³/mol. The molecule has 0 heterocycles. The van der Waals surface area contributed by atoms with E-state index >= 15 is 0 Å². The van der Waals surface area contributed by atoms with Crippen molar-refractivity contribution in [2.75, 3.05) is 5.32 Å². The molecule has 2 aromatic carbocycles. The highest BCUT2D eigenvalue weighted by molar-refractivity contribution is 7.80. The average molecular weight is 312 g/mol. The summed E-state index contributed by atoms with van der Waals surface area (Å²) in [7, 11) is 0. The molecule has 0 fully saturated rings. The van der Waals surface area contributed by atoms with Gasteiger partial charge in [0.25, 0.3) is 0 Å². The number of rotatable bonds is 5. The third kappa shape index (κ3) is 5.15. The summed E-state index contributed by atoms with van der Waals surface area (Å²) in [5.41, 5.74) is 4.87. The van der Waals surface area contributed by atoms with E-state index in [0.29, 0.717) is 11.2 Å². The van der Waals surface area contributed by atoms with Gasteiger partial charge in [0.05, 0.1) is 0 Å². The Labute approximate surface area is 139 Å². The molecule has 1 atom stereocenters. The molecule has 0 aliphatic carbocycles. The minimum atomic E-state index is 0.338. The molecule has 0 radical (unpaired) electrons. The number of nitrogens with one attached hydrogen (secondary N) is 2. The first-order valence-corrected chi connectivity index (χ1v) is 8.14. The zero-order chi connectivity index (χ0) is 15.9. The molecule has 0 amide bonds. The summed E-state index contributed by atoms with van der Waals surface area (Å²) in [6.07, 6.45) is 2.11. The summed E-state index contributed by atoms with van der Waals surface area (Å²) < 4.78 is 0. The second-order valence-corrected chi connectivity index (χ2v) is 6.25. The molecule has 0 aromatic heterocycles. The van der Waals surface area contributed by atoms with Crippen LogP contribution >= 0.6 is 12.2 Å². The number of benzene rings is 2. The topological polar surface area (TPSA) is 24.1 Å². The first kappa shape index (κ1) is 16.5. The first-order chi connectivity index (χ1) is 10.5. The van der Waals surface area contributed by atoms with Gasteiger partial charge < -0.3 is 10.6 Å². The summed E-state index contributed by atoms with van der Waals surface area (Å²) in [6.45, 7) is 6.34. The normalized spacial score (nSPS) is 11.8. The van der Waals surface area contributed by atoms with Crippen LogP contribution in [0, 0.1) is 13.8 Å². The Morgan fingerprint density at radius 1 is 1.09 bits per heavy atom. The molecule has 116 valence electrons. The standard InChI is InChI=1S/C19H24N2S/c1-14-9-10-15(2)18(13-14)21-19(22)20-16(3)11-12-17-7-5-4-6-8-17/h4-10,13,16H,11-12H2,1-3H3,(H2,20,21,22)/t16-/m1/s1. The summed E-state index contributed by atoms with van der Waals surface area (Å²) in [5.74, 6) is 0. The largest absolute Gasteiger partial charge is 0.360 e. The van der Waals surface area contributed by atoms with Gasteiger partial charge in [0.15, 0.2) is 5.11 Å². The zero-order valence-corrected chi connectivity index (χ0v) is 14.3. The summed E-state index contributed by atoms with van der Waals surface area (Å²) in [4.78, 5) is 0. The van der Waals surface area contributed by atoms with Crippen molar-refractivity contribution in [3.8, 4) is 0 Å². The molecule has 0 aliphatic rings. The Morgan fingerprint density at radius 2 is 1.82 bits per heavy atom. The van der Waals surface area contributed by atoms with Crippen LogP contribution in [0.25, 0.3) is 0 Å². The van der Waals surface area contributed by atoms with E-state index in [4.69, 9.17) is 12.2 Å². The Balaban J connectivity index is 1.82. The summed E-state index contributed by atoms with van der Waals surface area (Å²) >= 11 is 5.42. The lowest BCUT2D eigenvalue weighted by atomic mass is 10.1. The number of aryl methyl sites for hydroxylation is 3. The molecular formula is C19H24N2S. The van der Waals surface area contributed by atoms with Crippen LogP contribution in [0.15, 0.2) is 48.5 Å². The molecule has 0 unspecified atom stereocenters. The van der Waals surface area contributed by atoms with Crippen molar-refractivity contribution < 1.29 is 0 Å². The predicted octanol–water partition coefficient (Wildman–Crippen LogP) is 4.61. The van der Waals surface area contributed by atoms with Gasteiger partial charge in [-0.3, -0.25) is 0 Å². The SMILES string of the molecule is Cc1ccc(C)c(NC(=S)N[C@H](C)CCc2ccccc2)c1. The zero-order valence-electron chi connectivity index (χ0n) is 13.5. The van der Waals surface area contributed by atoms with E-state index < -0.39 is 0 Å². The van der Waals surface area contributed by atoms with Gasteiger partial charge >= 0.3 is 0 Å². The lowest BCUT2D eigenvalue weighted by Gasteiger charge is -2.18. The van der Waals surface area contributed by atoms with E-state index in [0.717, 1.165) is 18.5 Å². The monoisotopic (exact) mass is 312 g/mol. The van der Waals surface area contributed by atoms with E-state index in [1.165, 1.54) is 16.7 Å². The highest BCUT2D eigenvalue weighted by atomic mass is 32.1. The van der Waals surface area contributed by atoms with Gasteiger partial charge in [0.2, 0.25) is 0 Å². The van der Waals surface area contributed by atoms with Crippen molar-refractivity contribution in [1.29, 1.82) is 0 Å². The van der Waals surface area contributed by atoms with Crippen molar-refractivity contribution in [1.82, 2.24) is 5.32 Å². The van der Waals surface area contributed by atoms with Gasteiger partial charge in [0, 0.05) is 11.7 Å². The highest BCUT2D eigenvalue weighted by Gasteiger charge is 2.06. The van der Waals surface area contributed by atoms with Crippen LogP contribution in [0.5, 0.6) is 0 Å². The van der Waals surface area contributed by atoms with Crippen LogP contribution < -0.4 is 10.6 Å². The fourth-order valence-corrected chi connectivity index (χ4v) is 2.66. The fourth-order valence-electron chi connectivity index (χ4n) is 2.35. The van der Waals surface area contributed by atoms with Crippen molar-refractivity contribution in [3.05, 3.63) is 65.2 Å². The van der Waals surface area contributed by atoms with Gasteiger partial charge in [-0.25, -0.2) is 0 Å². The first-order valence-electron chi connectivity index (χ1n) is 7.73. The summed E-state index contributed by atoms with van der Waals surface area (Å²) in [5, 5.41) is 7.36. The van der Waals surface area contributed by atoms with Crippen LogP contribution in [0.2, 0.25) is 0 Å². The Hall–Kier alpha value is -1.87. The molecule has 2 rings (SSSR count). The number of thiocarbonyl (C=S) groups is 1. The second kappa shape index (κ2) is 7.95. The maximum atomic E-state index is 5.42. The molecule has 0 saturated heterocycles. The Morgan fingerprint density at radius 3 is 2.55 bits per heavy atom. The minimum absolute atomic E-state index is 0.338. The van der Waals surface area contributed by atoms with Crippen molar-refractivity contribution in [3.63, 3.8) is 0 Å². The van der Waals surface area contributed by atoms with E-state index in [2.05, 4.69) is 79.9 Å². The van der Waals surface area contributed by atoms with Crippen molar-refractivity contribution in [2.45, 2.75) is 39.7 Å². The molecule has 0 bridgehead atoms. The van der Waals surface area contributed by atoms with Crippen molar-refractivity contribution in [2.24, 2.45) is 0 Å². The van der Waals surface area contributed by atoms with Crippen LogP contribution in [0.4, 0.5) is 5.69 Å². The van der Waals surface area contributed by atoms with Gasteiger partial charge in [-0.2, -0.15) is 0 Å². The van der Waals surface area contributed by atoms with Crippen LogP contribution in [0.3, 0.4) is 0 Å². The Bertz CT molecular complexity index is 623. The lowest BCUT2D eigenvalue weighted by Crippen LogP contribution is -2.36. The van der Waals surface area contributed by atoms with Crippen LogP contribution in [-0.2, 0) is 6.42 Å². The highest BCUT2D eigenvalue weighted by Crippen LogP contribution is 2.16. The summed E-state index contributed by atoms with van der Waals surface area (Å²) in [6, 6.07) is 17.2. The van der Waals surface area contributed by atoms with E-state index in [9.17, 15) is 0 Å². The maximum Gasteiger partial charge on any atom is 0.170 e. The lowest BCUT2D eigenvalue weighted by molar-refractivity contribution is 0.609. The third-order valence-electron chi connectivity index (χ3n) is 3.73. The van der Waals surface area contributed by atoms with Crippen LogP contribution in [0.1, 0.15) is 30.0 Å². The molecular weight excluding hydrogens is 288 g/mol.